The predicted molar refractivity (Wildman–Crippen MR) is 170 cm³/mol. The van der Waals surface area contributed by atoms with E-state index >= 15 is 0 Å². The van der Waals surface area contributed by atoms with Gasteiger partial charge >= 0.3 is 0 Å². The quantitative estimate of drug-likeness (QED) is 0.0939. The lowest BCUT2D eigenvalue weighted by Crippen LogP contribution is -2.28. The minimum atomic E-state index is -0.180. The smallest absolute Gasteiger partial charge is 0.267 e. The fourth-order valence-electron chi connectivity index (χ4n) is 4.29. The van der Waals surface area contributed by atoms with Crippen molar-refractivity contribution in [2.45, 2.75) is 13.2 Å². The molecule has 0 aliphatic carbocycles. The van der Waals surface area contributed by atoms with Crippen molar-refractivity contribution in [3.8, 4) is 17.2 Å². The second kappa shape index (κ2) is 13.5. The number of carbonyl (C=O) groups is 1. The number of hydrogen-bond acceptors (Lipinski definition) is 7. The van der Waals surface area contributed by atoms with Crippen molar-refractivity contribution in [1.82, 2.24) is 4.90 Å². The maximum Gasteiger partial charge on any atom is 0.267 e. The minimum Gasteiger partial charge on any atom is -0.489 e. The summed E-state index contributed by atoms with van der Waals surface area (Å²) in [5, 5.41) is 9.20. The van der Waals surface area contributed by atoms with Crippen LogP contribution in [-0.2, 0) is 17.9 Å². The van der Waals surface area contributed by atoms with Crippen LogP contribution in [0.1, 0.15) is 22.5 Å². The third-order valence-corrected chi connectivity index (χ3v) is 7.37. The van der Waals surface area contributed by atoms with Crippen molar-refractivity contribution in [3.05, 3.63) is 155 Å². The zero-order chi connectivity index (χ0) is 29.3. The highest BCUT2D eigenvalue weighted by Gasteiger charge is 2.34. The van der Waals surface area contributed by atoms with Crippen molar-refractivity contribution in [3.63, 3.8) is 0 Å². The molecule has 7 nitrogen and oxygen atoms in total. The van der Waals surface area contributed by atoms with Crippen LogP contribution >= 0.6 is 11.8 Å². The maximum absolute atomic E-state index is 13.5. The molecule has 0 N–H and O–H groups in total. The summed E-state index contributed by atoms with van der Waals surface area (Å²) in [6, 6.07) is 38.4. The van der Waals surface area contributed by atoms with E-state index in [1.165, 1.54) is 11.8 Å². The molecule has 1 aliphatic heterocycles. The molecule has 1 fully saturated rings. The van der Waals surface area contributed by atoms with E-state index in [0.29, 0.717) is 28.2 Å². The van der Waals surface area contributed by atoms with E-state index in [-0.39, 0.29) is 12.5 Å². The number of amides is 1. The summed E-state index contributed by atoms with van der Waals surface area (Å²) in [5.74, 6) is 2.61. The molecule has 2 heterocycles. The summed E-state index contributed by atoms with van der Waals surface area (Å²) in [6.45, 7) is 0.713. The van der Waals surface area contributed by atoms with Gasteiger partial charge in [0.15, 0.2) is 5.17 Å². The van der Waals surface area contributed by atoms with Gasteiger partial charge in [0.2, 0.25) is 0 Å². The molecule has 0 spiro atoms. The third-order valence-electron chi connectivity index (χ3n) is 6.37. The van der Waals surface area contributed by atoms with E-state index in [4.69, 9.17) is 13.9 Å². The number of hydrogen-bond donors (Lipinski definition) is 0. The van der Waals surface area contributed by atoms with Crippen LogP contribution in [-0.4, -0.2) is 22.2 Å². The normalized spacial score (nSPS) is 15.1. The summed E-state index contributed by atoms with van der Waals surface area (Å²) < 4.78 is 17.4. The lowest BCUT2D eigenvalue weighted by molar-refractivity contribution is -0.122. The average molecular weight is 586 g/mol. The lowest BCUT2D eigenvalue weighted by atomic mass is 10.2. The monoisotopic (exact) mass is 585 g/mol. The Kier molecular flexibility index (Phi) is 8.76. The first-order valence-corrected chi connectivity index (χ1v) is 14.5. The summed E-state index contributed by atoms with van der Waals surface area (Å²) in [7, 11) is 0. The molecular weight excluding hydrogens is 558 g/mol. The molecule has 4 aromatic carbocycles. The van der Waals surface area contributed by atoms with Gasteiger partial charge in [-0.1, -0.05) is 72.8 Å². The van der Waals surface area contributed by atoms with Gasteiger partial charge < -0.3 is 13.9 Å². The highest BCUT2D eigenvalue weighted by Crippen LogP contribution is 2.34. The van der Waals surface area contributed by atoms with Gasteiger partial charge in [-0.15, -0.1) is 5.10 Å². The number of carbonyl (C=O) groups excluding carboxylic acids is 1. The van der Waals surface area contributed by atoms with Gasteiger partial charge in [-0.25, -0.2) is 0 Å². The Labute approximate surface area is 253 Å². The number of para-hydroxylation sites is 1. The van der Waals surface area contributed by atoms with Crippen LogP contribution in [0.3, 0.4) is 0 Å². The molecule has 5 aromatic rings. The standard InChI is InChI=1S/C35H27N3O4S/c39-34-33(22-27-12-7-17-31(20-27)42-29-14-5-2-6-15-29)43-35(38(34)24-32-18-9-19-40-32)37-36-23-28-13-8-16-30(21-28)41-25-26-10-3-1-4-11-26/h1-23H,24-25H2/b33-22-,36-23+,37-35+. The lowest BCUT2D eigenvalue weighted by Gasteiger charge is -2.12. The van der Waals surface area contributed by atoms with Crippen molar-refractivity contribution in [1.29, 1.82) is 0 Å². The Hall–Kier alpha value is -5.34. The highest BCUT2D eigenvalue weighted by molar-refractivity contribution is 8.18. The van der Waals surface area contributed by atoms with Gasteiger partial charge in [0.25, 0.3) is 5.91 Å². The van der Waals surface area contributed by atoms with Crippen LogP contribution in [0.5, 0.6) is 17.2 Å². The molecule has 0 unspecified atom stereocenters. The first-order valence-electron chi connectivity index (χ1n) is 13.6. The molecule has 1 aromatic heterocycles. The predicted octanol–water partition coefficient (Wildman–Crippen LogP) is 8.16. The second-order valence-electron chi connectivity index (χ2n) is 9.54. The Morgan fingerprint density at radius 3 is 2.28 bits per heavy atom. The van der Waals surface area contributed by atoms with Crippen molar-refractivity contribution in [2.24, 2.45) is 10.2 Å². The van der Waals surface area contributed by atoms with E-state index in [2.05, 4.69) is 10.2 Å². The van der Waals surface area contributed by atoms with Gasteiger partial charge in [0.05, 0.1) is 23.9 Å². The molecule has 8 heteroatoms. The van der Waals surface area contributed by atoms with Gasteiger partial charge in [-0.3, -0.25) is 9.69 Å². The van der Waals surface area contributed by atoms with Crippen molar-refractivity contribution >= 4 is 35.1 Å². The minimum absolute atomic E-state index is 0.180. The van der Waals surface area contributed by atoms with Gasteiger partial charge in [0.1, 0.15) is 29.6 Å². The molecule has 1 saturated heterocycles. The average Bonchev–Trinajstić information content (AvgIpc) is 3.66. The second-order valence-corrected chi connectivity index (χ2v) is 10.6. The molecule has 0 bridgehead atoms. The highest BCUT2D eigenvalue weighted by atomic mass is 32.2. The summed E-state index contributed by atoms with van der Waals surface area (Å²) in [4.78, 5) is 15.6. The van der Waals surface area contributed by atoms with Crippen LogP contribution in [0.15, 0.2) is 147 Å². The van der Waals surface area contributed by atoms with Gasteiger partial charge in [-0.05, 0) is 83.1 Å². The summed E-state index contributed by atoms with van der Waals surface area (Å²) in [5.41, 5.74) is 2.75. The van der Waals surface area contributed by atoms with E-state index < -0.39 is 0 Å². The fourth-order valence-corrected chi connectivity index (χ4v) is 5.23. The first kappa shape index (κ1) is 27.8. The molecule has 0 atom stereocenters. The number of thioether (sulfide) groups is 1. The largest absolute Gasteiger partial charge is 0.489 e. The summed E-state index contributed by atoms with van der Waals surface area (Å²) >= 11 is 1.26. The molecular formula is C35H27N3O4S. The van der Waals surface area contributed by atoms with Crippen LogP contribution in [0.2, 0.25) is 0 Å². The SMILES string of the molecule is O=C1/C(=C/c2cccc(Oc3ccccc3)c2)S/C(=N/N=C/c2cccc(OCc3ccccc3)c2)N1Cc1ccco1. The Balaban J connectivity index is 1.19. The van der Waals surface area contributed by atoms with Gasteiger partial charge in [-0.2, -0.15) is 5.10 Å². The topological polar surface area (TPSA) is 76.6 Å². The molecule has 1 aliphatic rings. The van der Waals surface area contributed by atoms with Crippen LogP contribution in [0, 0.1) is 0 Å². The Morgan fingerprint density at radius 1 is 0.767 bits per heavy atom. The molecule has 212 valence electrons. The van der Waals surface area contributed by atoms with Crippen LogP contribution in [0.25, 0.3) is 6.08 Å². The molecule has 43 heavy (non-hydrogen) atoms. The van der Waals surface area contributed by atoms with E-state index in [9.17, 15) is 4.79 Å². The number of benzene rings is 4. The van der Waals surface area contributed by atoms with Crippen LogP contribution in [0.4, 0.5) is 0 Å². The van der Waals surface area contributed by atoms with Crippen molar-refractivity contribution < 1.29 is 18.7 Å². The van der Waals surface area contributed by atoms with Crippen LogP contribution < -0.4 is 9.47 Å². The Bertz CT molecular complexity index is 1770. The number of amidine groups is 1. The number of nitrogens with zero attached hydrogens (tertiary/aromatic N) is 3. The molecule has 6 rings (SSSR count). The third kappa shape index (κ3) is 7.49. The first-order chi connectivity index (χ1) is 21.2. The molecule has 0 radical (unpaired) electrons. The number of ether oxygens (including phenoxy) is 2. The van der Waals surface area contributed by atoms with E-state index in [0.717, 1.165) is 28.2 Å². The molecule has 0 saturated carbocycles. The summed E-state index contributed by atoms with van der Waals surface area (Å²) in [6.07, 6.45) is 5.06. The maximum atomic E-state index is 13.5. The van der Waals surface area contributed by atoms with Crippen molar-refractivity contribution in [2.75, 3.05) is 0 Å². The van der Waals surface area contributed by atoms with E-state index in [1.54, 1.807) is 23.4 Å². The molecule has 1 amide bonds. The zero-order valence-electron chi connectivity index (χ0n) is 23.1. The van der Waals surface area contributed by atoms with E-state index in [1.807, 2.05) is 121 Å². The number of furan rings is 1. The zero-order valence-corrected chi connectivity index (χ0v) is 23.9. The fraction of sp³-hybridized carbons (Fsp3) is 0.0571. The van der Waals surface area contributed by atoms with Gasteiger partial charge in [0, 0.05) is 0 Å². The number of rotatable bonds is 10. The Morgan fingerprint density at radius 2 is 1.49 bits per heavy atom.